The monoisotopic (exact) mass is 276 g/mol. The fourth-order valence-electron chi connectivity index (χ4n) is 1.73. The first-order valence-corrected chi connectivity index (χ1v) is 6.12. The lowest BCUT2D eigenvalue weighted by atomic mass is 10.2. The third kappa shape index (κ3) is 3.51. The van der Waals surface area contributed by atoms with Gasteiger partial charge in [-0.1, -0.05) is 16.4 Å². The summed E-state index contributed by atoms with van der Waals surface area (Å²) in [7, 11) is 0. The standard InChI is InChI=1S/C12H16N6O2/c1-8-16-10(18-20-8)4-6-14-7-9-3-2-5-15-11(9)12(13)17-19/h2-3,5,14,19H,4,6-7H2,1H3,(H2,13,17). The maximum Gasteiger partial charge on any atom is 0.223 e. The van der Waals surface area contributed by atoms with Gasteiger partial charge in [0.15, 0.2) is 11.7 Å². The van der Waals surface area contributed by atoms with Gasteiger partial charge in [0.1, 0.15) is 5.69 Å². The number of nitrogens with two attached hydrogens (primary N) is 1. The predicted molar refractivity (Wildman–Crippen MR) is 71.2 cm³/mol. The molecule has 0 aliphatic rings. The normalized spacial score (nSPS) is 11.8. The second-order valence-corrected chi connectivity index (χ2v) is 4.15. The molecule has 2 rings (SSSR count). The first-order valence-electron chi connectivity index (χ1n) is 6.12. The van der Waals surface area contributed by atoms with E-state index in [1.54, 1.807) is 19.2 Å². The van der Waals surface area contributed by atoms with Gasteiger partial charge in [0, 0.05) is 32.6 Å². The molecular formula is C12H16N6O2. The van der Waals surface area contributed by atoms with Crippen molar-refractivity contribution in [3.8, 4) is 0 Å². The van der Waals surface area contributed by atoms with Crippen LogP contribution in [0.4, 0.5) is 0 Å². The van der Waals surface area contributed by atoms with Crippen LogP contribution < -0.4 is 11.1 Å². The fraction of sp³-hybridized carbons (Fsp3) is 0.333. The van der Waals surface area contributed by atoms with Crippen LogP contribution in [-0.2, 0) is 13.0 Å². The summed E-state index contributed by atoms with van der Waals surface area (Å²) in [5.74, 6) is 1.22. The highest BCUT2D eigenvalue weighted by Gasteiger charge is 2.08. The van der Waals surface area contributed by atoms with E-state index in [1.165, 1.54) is 0 Å². The average Bonchev–Trinajstić information content (AvgIpc) is 2.89. The predicted octanol–water partition coefficient (Wildman–Crippen LogP) is 0.200. The molecule has 8 heteroatoms. The number of hydrogen-bond acceptors (Lipinski definition) is 7. The molecule has 0 aromatic carbocycles. The summed E-state index contributed by atoms with van der Waals surface area (Å²) in [4.78, 5) is 8.21. The Hall–Kier alpha value is -2.48. The molecule has 0 unspecified atom stereocenters. The summed E-state index contributed by atoms with van der Waals surface area (Å²) in [6.07, 6.45) is 2.26. The average molecular weight is 276 g/mol. The van der Waals surface area contributed by atoms with E-state index < -0.39 is 0 Å². The molecule has 2 heterocycles. The lowest BCUT2D eigenvalue weighted by molar-refractivity contribution is 0.318. The minimum Gasteiger partial charge on any atom is -0.409 e. The topological polar surface area (TPSA) is 122 Å². The van der Waals surface area contributed by atoms with Crippen LogP contribution in [-0.4, -0.2) is 32.7 Å². The molecule has 0 bridgehead atoms. The molecule has 0 saturated heterocycles. The summed E-state index contributed by atoms with van der Waals surface area (Å²) < 4.78 is 4.89. The van der Waals surface area contributed by atoms with Crippen LogP contribution in [0.15, 0.2) is 28.0 Å². The molecular weight excluding hydrogens is 260 g/mol. The van der Waals surface area contributed by atoms with E-state index in [0.29, 0.717) is 36.9 Å². The maximum atomic E-state index is 8.71. The quantitative estimate of drug-likeness (QED) is 0.226. The van der Waals surface area contributed by atoms with Crippen LogP contribution in [0.3, 0.4) is 0 Å². The van der Waals surface area contributed by atoms with E-state index in [2.05, 4.69) is 25.6 Å². The molecule has 2 aromatic heterocycles. The number of nitrogens with zero attached hydrogens (tertiary/aromatic N) is 4. The second kappa shape index (κ2) is 6.62. The third-order valence-electron chi connectivity index (χ3n) is 2.65. The first kappa shape index (κ1) is 13.9. The van der Waals surface area contributed by atoms with E-state index in [4.69, 9.17) is 15.5 Å². The van der Waals surface area contributed by atoms with Gasteiger partial charge in [0.25, 0.3) is 0 Å². The van der Waals surface area contributed by atoms with Crippen molar-refractivity contribution in [3.05, 3.63) is 41.3 Å². The third-order valence-corrected chi connectivity index (χ3v) is 2.65. The Morgan fingerprint density at radius 1 is 1.55 bits per heavy atom. The van der Waals surface area contributed by atoms with Gasteiger partial charge in [0.2, 0.25) is 5.89 Å². The van der Waals surface area contributed by atoms with Gasteiger partial charge in [-0.15, -0.1) is 0 Å². The molecule has 0 amide bonds. The zero-order valence-electron chi connectivity index (χ0n) is 11.1. The van der Waals surface area contributed by atoms with Gasteiger partial charge >= 0.3 is 0 Å². The van der Waals surface area contributed by atoms with Crippen molar-refractivity contribution >= 4 is 5.84 Å². The summed E-state index contributed by atoms with van der Waals surface area (Å²) in [5, 5.41) is 18.7. The zero-order chi connectivity index (χ0) is 14.4. The van der Waals surface area contributed by atoms with Crippen molar-refractivity contribution in [1.82, 2.24) is 20.4 Å². The van der Waals surface area contributed by atoms with Crippen LogP contribution in [0.2, 0.25) is 0 Å². The number of aromatic nitrogens is 3. The molecule has 0 fully saturated rings. The molecule has 4 N–H and O–H groups in total. The van der Waals surface area contributed by atoms with Gasteiger partial charge in [-0.3, -0.25) is 4.98 Å². The van der Waals surface area contributed by atoms with Crippen LogP contribution in [0.5, 0.6) is 0 Å². The number of aryl methyl sites for hydroxylation is 1. The highest BCUT2D eigenvalue weighted by atomic mass is 16.5. The molecule has 8 nitrogen and oxygen atoms in total. The maximum absolute atomic E-state index is 8.71. The van der Waals surface area contributed by atoms with Crippen molar-refractivity contribution < 1.29 is 9.73 Å². The minimum atomic E-state index is -0.00353. The smallest absolute Gasteiger partial charge is 0.223 e. The molecule has 0 radical (unpaired) electrons. The molecule has 0 aliphatic heterocycles. The van der Waals surface area contributed by atoms with E-state index in [-0.39, 0.29) is 5.84 Å². The Labute approximate surface area is 115 Å². The first-order chi connectivity index (χ1) is 9.70. The summed E-state index contributed by atoms with van der Waals surface area (Å²) >= 11 is 0. The van der Waals surface area contributed by atoms with Crippen LogP contribution >= 0.6 is 0 Å². The van der Waals surface area contributed by atoms with E-state index in [1.807, 2.05) is 6.07 Å². The fourth-order valence-corrected chi connectivity index (χ4v) is 1.73. The molecule has 106 valence electrons. The highest BCUT2D eigenvalue weighted by molar-refractivity contribution is 5.96. The van der Waals surface area contributed by atoms with Crippen molar-refractivity contribution in [1.29, 1.82) is 0 Å². The lowest BCUT2D eigenvalue weighted by Crippen LogP contribution is -2.22. The number of amidine groups is 1. The van der Waals surface area contributed by atoms with E-state index >= 15 is 0 Å². The van der Waals surface area contributed by atoms with Crippen molar-refractivity contribution in [2.45, 2.75) is 19.9 Å². The molecule has 2 aromatic rings. The highest BCUT2D eigenvalue weighted by Crippen LogP contribution is 2.04. The Morgan fingerprint density at radius 2 is 2.40 bits per heavy atom. The molecule has 20 heavy (non-hydrogen) atoms. The van der Waals surface area contributed by atoms with Gasteiger partial charge in [-0.2, -0.15) is 4.98 Å². The molecule has 0 spiro atoms. The Balaban J connectivity index is 1.88. The second-order valence-electron chi connectivity index (χ2n) is 4.15. The van der Waals surface area contributed by atoms with Crippen LogP contribution in [0.25, 0.3) is 0 Å². The number of hydrogen-bond donors (Lipinski definition) is 3. The van der Waals surface area contributed by atoms with Gasteiger partial charge < -0.3 is 20.8 Å². The number of pyridine rings is 1. The number of oxime groups is 1. The lowest BCUT2D eigenvalue weighted by Gasteiger charge is -2.07. The number of rotatable bonds is 6. The van der Waals surface area contributed by atoms with Gasteiger partial charge in [0.05, 0.1) is 0 Å². The van der Waals surface area contributed by atoms with E-state index in [9.17, 15) is 0 Å². The van der Waals surface area contributed by atoms with Crippen molar-refractivity contribution in [2.24, 2.45) is 10.9 Å². The SMILES string of the molecule is Cc1nc(CCNCc2cccnc2/C(N)=N/O)no1. The largest absolute Gasteiger partial charge is 0.409 e. The Bertz CT molecular complexity index is 595. The summed E-state index contributed by atoms with van der Waals surface area (Å²) in [5.41, 5.74) is 6.89. The van der Waals surface area contributed by atoms with Gasteiger partial charge in [-0.05, 0) is 11.6 Å². The van der Waals surface area contributed by atoms with Crippen molar-refractivity contribution in [3.63, 3.8) is 0 Å². The molecule has 0 saturated carbocycles. The zero-order valence-corrected chi connectivity index (χ0v) is 11.1. The van der Waals surface area contributed by atoms with E-state index in [0.717, 1.165) is 5.56 Å². The van der Waals surface area contributed by atoms with Crippen LogP contribution in [0.1, 0.15) is 23.0 Å². The van der Waals surface area contributed by atoms with Crippen molar-refractivity contribution in [2.75, 3.05) is 6.54 Å². The molecule has 0 aliphatic carbocycles. The Morgan fingerprint density at radius 3 is 3.10 bits per heavy atom. The summed E-state index contributed by atoms with van der Waals surface area (Å²) in [6.45, 7) is 2.99. The minimum absolute atomic E-state index is 0.00353. The summed E-state index contributed by atoms with van der Waals surface area (Å²) in [6, 6.07) is 3.67. The molecule has 0 atom stereocenters. The number of nitrogens with one attached hydrogen (secondary N) is 1. The van der Waals surface area contributed by atoms with Gasteiger partial charge in [-0.25, -0.2) is 0 Å². The Kier molecular flexibility index (Phi) is 4.61. The van der Waals surface area contributed by atoms with Crippen LogP contribution in [0, 0.1) is 6.92 Å².